The Morgan fingerprint density at radius 3 is 2.73 bits per heavy atom. The number of nitrogens with one attached hydrogen (secondary N) is 1. The number of nitrogens with two attached hydrogens (primary N) is 1. The zero-order valence-electron chi connectivity index (χ0n) is 12.2. The molecule has 0 heterocycles. The van der Waals surface area contributed by atoms with Crippen LogP contribution in [0.1, 0.15) is 29.5 Å². The topological polar surface area (TPSA) is 55.1 Å². The summed E-state index contributed by atoms with van der Waals surface area (Å²) in [6.45, 7) is 0.460. The second kappa shape index (κ2) is 6.51. The van der Waals surface area contributed by atoms with E-state index in [1.165, 1.54) is 0 Å². The lowest BCUT2D eigenvalue weighted by Gasteiger charge is -2.13. The average molecular weight is 315 g/mol. The first-order valence-electron chi connectivity index (χ1n) is 7.49. The van der Waals surface area contributed by atoms with Crippen LogP contribution < -0.4 is 11.1 Å². The first-order valence-corrected chi connectivity index (χ1v) is 7.86. The van der Waals surface area contributed by atoms with E-state index in [0.717, 1.165) is 22.6 Å². The molecule has 3 N–H and O–H groups in total. The molecule has 1 aliphatic rings. The van der Waals surface area contributed by atoms with Crippen molar-refractivity contribution in [3.63, 3.8) is 0 Å². The summed E-state index contributed by atoms with van der Waals surface area (Å²) in [7, 11) is 0. The fraction of sp³-hybridized carbons (Fsp3) is 0.278. The molecule has 0 spiro atoms. The largest absolute Gasteiger partial charge is 0.354 e. The number of halogens is 1. The van der Waals surface area contributed by atoms with Crippen molar-refractivity contribution < 1.29 is 4.79 Å². The molecular weight excluding hydrogens is 296 g/mol. The monoisotopic (exact) mass is 314 g/mol. The Bertz CT molecular complexity index is 659. The van der Waals surface area contributed by atoms with Crippen molar-refractivity contribution in [2.75, 3.05) is 6.54 Å². The van der Waals surface area contributed by atoms with E-state index in [1.54, 1.807) is 0 Å². The van der Waals surface area contributed by atoms with Crippen molar-refractivity contribution >= 4 is 17.5 Å². The van der Waals surface area contributed by atoms with Gasteiger partial charge in [0.2, 0.25) is 5.91 Å². The van der Waals surface area contributed by atoms with Gasteiger partial charge in [0, 0.05) is 23.5 Å². The highest BCUT2D eigenvalue weighted by Gasteiger charge is 2.43. The summed E-state index contributed by atoms with van der Waals surface area (Å²) in [5, 5.41) is 3.68. The fourth-order valence-electron chi connectivity index (χ4n) is 2.75. The van der Waals surface area contributed by atoms with Crippen molar-refractivity contribution in [1.29, 1.82) is 0 Å². The average Bonchev–Trinajstić information content (AvgIpc) is 3.34. The molecule has 2 aromatic rings. The van der Waals surface area contributed by atoms with E-state index in [-0.39, 0.29) is 23.8 Å². The van der Waals surface area contributed by atoms with Crippen LogP contribution in [0.4, 0.5) is 0 Å². The number of hydrogen-bond acceptors (Lipinski definition) is 2. The number of benzene rings is 2. The van der Waals surface area contributed by atoms with E-state index in [0.29, 0.717) is 6.54 Å². The number of amides is 1. The van der Waals surface area contributed by atoms with E-state index in [4.69, 9.17) is 17.3 Å². The van der Waals surface area contributed by atoms with Crippen molar-refractivity contribution in [1.82, 2.24) is 5.32 Å². The van der Waals surface area contributed by atoms with Crippen LogP contribution in [0.15, 0.2) is 54.6 Å². The van der Waals surface area contributed by atoms with E-state index >= 15 is 0 Å². The fourth-order valence-corrected chi connectivity index (χ4v) is 2.95. The molecule has 2 aromatic carbocycles. The van der Waals surface area contributed by atoms with Crippen LogP contribution in [-0.4, -0.2) is 12.5 Å². The van der Waals surface area contributed by atoms with Crippen molar-refractivity contribution in [2.45, 2.75) is 18.4 Å². The van der Waals surface area contributed by atoms with Gasteiger partial charge in [-0.25, -0.2) is 0 Å². The second-order valence-corrected chi connectivity index (χ2v) is 6.20. The Balaban J connectivity index is 1.52. The molecule has 3 atom stereocenters. The molecule has 3 rings (SSSR count). The third-order valence-corrected chi connectivity index (χ3v) is 4.36. The first-order chi connectivity index (χ1) is 10.6. The van der Waals surface area contributed by atoms with Gasteiger partial charge in [-0.05, 0) is 35.6 Å². The van der Waals surface area contributed by atoms with Crippen LogP contribution in [0, 0.1) is 5.92 Å². The van der Waals surface area contributed by atoms with Gasteiger partial charge in [0.1, 0.15) is 0 Å². The maximum absolute atomic E-state index is 12.2. The molecule has 0 aromatic heterocycles. The molecule has 0 radical (unpaired) electrons. The molecule has 114 valence electrons. The minimum Gasteiger partial charge on any atom is -0.354 e. The SMILES string of the molecule is NC(CNC(=O)C1CC1c1cccc(Cl)c1)c1ccccc1. The minimum atomic E-state index is -0.173. The van der Waals surface area contributed by atoms with Crippen LogP contribution in [-0.2, 0) is 4.79 Å². The maximum atomic E-state index is 12.2. The van der Waals surface area contributed by atoms with Gasteiger partial charge in [-0.3, -0.25) is 4.79 Å². The van der Waals surface area contributed by atoms with Gasteiger partial charge in [-0.15, -0.1) is 0 Å². The molecule has 0 aliphatic heterocycles. The van der Waals surface area contributed by atoms with Gasteiger partial charge in [-0.2, -0.15) is 0 Å². The summed E-state index contributed by atoms with van der Waals surface area (Å²) >= 11 is 6.00. The molecule has 1 amide bonds. The quantitative estimate of drug-likeness (QED) is 0.890. The molecule has 1 saturated carbocycles. The van der Waals surface area contributed by atoms with Crippen LogP contribution in [0.25, 0.3) is 0 Å². The van der Waals surface area contributed by atoms with Gasteiger partial charge in [0.25, 0.3) is 0 Å². The first kappa shape index (κ1) is 15.1. The third kappa shape index (κ3) is 3.49. The smallest absolute Gasteiger partial charge is 0.223 e. The van der Waals surface area contributed by atoms with Crippen LogP contribution >= 0.6 is 11.6 Å². The van der Waals surface area contributed by atoms with Crippen molar-refractivity contribution in [3.8, 4) is 0 Å². The molecular formula is C18H19ClN2O. The predicted octanol–water partition coefficient (Wildman–Crippen LogP) is 3.26. The molecule has 0 saturated heterocycles. The zero-order chi connectivity index (χ0) is 15.5. The predicted molar refractivity (Wildman–Crippen MR) is 88.7 cm³/mol. The number of carbonyl (C=O) groups excluding carboxylic acids is 1. The molecule has 3 nitrogen and oxygen atoms in total. The summed E-state index contributed by atoms with van der Waals surface area (Å²) in [6.07, 6.45) is 0.882. The Morgan fingerprint density at radius 1 is 1.23 bits per heavy atom. The van der Waals surface area contributed by atoms with E-state index in [1.807, 2.05) is 54.6 Å². The normalized spacial score (nSPS) is 21.2. The minimum absolute atomic E-state index is 0.0430. The molecule has 1 aliphatic carbocycles. The van der Waals surface area contributed by atoms with Crippen molar-refractivity contribution in [3.05, 3.63) is 70.7 Å². The van der Waals surface area contributed by atoms with E-state index < -0.39 is 0 Å². The standard InChI is InChI=1S/C18H19ClN2O/c19-14-8-4-7-13(9-14)15-10-16(15)18(22)21-11-17(20)12-5-2-1-3-6-12/h1-9,15-17H,10-11,20H2,(H,21,22). The Kier molecular flexibility index (Phi) is 4.46. The highest BCUT2D eigenvalue weighted by atomic mass is 35.5. The summed E-state index contributed by atoms with van der Waals surface area (Å²) in [5.74, 6) is 0.407. The van der Waals surface area contributed by atoms with Gasteiger partial charge in [-0.1, -0.05) is 54.1 Å². The van der Waals surface area contributed by atoms with E-state index in [9.17, 15) is 4.79 Å². The summed E-state index contributed by atoms with van der Waals surface area (Å²) in [4.78, 5) is 12.2. The molecule has 3 unspecified atom stereocenters. The summed E-state index contributed by atoms with van der Waals surface area (Å²) in [6, 6.07) is 17.4. The lowest BCUT2D eigenvalue weighted by molar-refractivity contribution is -0.122. The zero-order valence-corrected chi connectivity index (χ0v) is 13.0. The third-order valence-electron chi connectivity index (χ3n) is 4.13. The van der Waals surface area contributed by atoms with Gasteiger partial charge in [0.05, 0.1) is 0 Å². The Morgan fingerprint density at radius 2 is 2.00 bits per heavy atom. The van der Waals surface area contributed by atoms with Crippen LogP contribution in [0.3, 0.4) is 0 Å². The summed E-state index contributed by atoms with van der Waals surface area (Å²) in [5.41, 5.74) is 8.27. The molecule has 4 heteroatoms. The number of carbonyl (C=O) groups is 1. The van der Waals surface area contributed by atoms with Crippen LogP contribution in [0.2, 0.25) is 5.02 Å². The maximum Gasteiger partial charge on any atom is 0.223 e. The van der Waals surface area contributed by atoms with Crippen LogP contribution in [0.5, 0.6) is 0 Å². The van der Waals surface area contributed by atoms with Gasteiger partial charge >= 0.3 is 0 Å². The van der Waals surface area contributed by atoms with Gasteiger partial charge < -0.3 is 11.1 Å². The molecule has 22 heavy (non-hydrogen) atoms. The highest BCUT2D eigenvalue weighted by Crippen LogP contribution is 2.47. The molecule has 1 fully saturated rings. The highest BCUT2D eigenvalue weighted by molar-refractivity contribution is 6.30. The Labute approximate surface area is 135 Å². The van der Waals surface area contributed by atoms with E-state index in [2.05, 4.69) is 5.32 Å². The Hall–Kier alpha value is -1.84. The second-order valence-electron chi connectivity index (χ2n) is 5.77. The summed E-state index contributed by atoms with van der Waals surface area (Å²) < 4.78 is 0. The number of hydrogen-bond donors (Lipinski definition) is 2. The number of rotatable bonds is 5. The lowest BCUT2D eigenvalue weighted by atomic mass is 10.1. The van der Waals surface area contributed by atoms with Crippen molar-refractivity contribution in [2.24, 2.45) is 11.7 Å². The molecule has 0 bridgehead atoms. The van der Waals surface area contributed by atoms with Gasteiger partial charge in [0.15, 0.2) is 0 Å². The lowest BCUT2D eigenvalue weighted by Crippen LogP contribution is -2.33.